The third-order valence-electron chi connectivity index (χ3n) is 2.57. The normalized spacial score (nSPS) is 11.3. The summed E-state index contributed by atoms with van der Waals surface area (Å²) in [7, 11) is -1.78. The maximum atomic E-state index is 11.9. The van der Waals surface area contributed by atoms with Crippen LogP contribution in [0.25, 0.3) is 0 Å². The summed E-state index contributed by atoms with van der Waals surface area (Å²) in [5.41, 5.74) is 2.22. The first-order chi connectivity index (χ1) is 8.81. The van der Waals surface area contributed by atoms with Crippen molar-refractivity contribution in [2.75, 3.05) is 0 Å². The Labute approximate surface area is 116 Å². The molecule has 0 saturated carbocycles. The predicted octanol–water partition coefficient (Wildman–Crippen LogP) is 4.17. The van der Waals surface area contributed by atoms with E-state index in [-0.39, 0.29) is 0 Å². The van der Waals surface area contributed by atoms with E-state index >= 15 is 0 Å². The first kappa shape index (κ1) is 13.4. The van der Waals surface area contributed by atoms with E-state index in [2.05, 4.69) is 15.9 Å². The third kappa shape index (κ3) is 3.49. The number of hydrogen-bond donors (Lipinski definition) is 0. The molecule has 0 radical (unpaired) electrons. The van der Waals surface area contributed by atoms with Crippen molar-refractivity contribution >= 4 is 29.3 Å². The maximum absolute atomic E-state index is 11.9. The minimum Gasteiger partial charge on any atom is -0.137 e. The zero-order valence-electron chi connectivity index (χ0n) is 9.75. The Morgan fingerprint density at radius 2 is 1.56 bits per heavy atom. The lowest BCUT2D eigenvalue weighted by Crippen LogP contribution is -1.98. The van der Waals surface area contributed by atoms with E-state index in [0.29, 0.717) is 6.61 Å². The van der Waals surface area contributed by atoms with Gasteiger partial charge in [-0.05, 0) is 27.8 Å². The molecule has 2 rings (SSSR count). The Morgan fingerprint density at radius 1 is 0.944 bits per heavy atom. The number of hydrogen-bond acceptors (Lipinski definition) is 2. The second-order valence-electron chi connectivity index (χ2n) is 3.77. The van der Waals surface area contributed by atoms with Gasteiger partial charge >= 0.3 is 8.03 Å². The highest BCUT2D eigenvalue weighted by Gasteiger charge is 2.21. The molecule has 0 aliphatic heterocycles. The van der Waals surface area contributed by atoms with Gasteiger partial charge in [0.15, 0.2) is 0 Å². The lowest BCUT2D eigenvalue weighted by molar-refractivity contribution is 0.324. The second kappa shape index (κ2) is 6.79. The molecule has 2 aromatic carbocycles. The van der Waals surface area contributed by atoms with Crippen molar-refractivity contribution in [3.05, 3.63) is 65.7 Å². The van der Waals surface area contributed by atoms with Crippen molar-refractivity contribution in [1.82, 2.24) is 0 Å². The van der Waals surface area contributed by atoms with E-state index in [0.717, 1.165) is 21.8 Å². The fraction of sp³-hybridized carbons (Fsp3) is 0.143. The first-order valence-corrected chi connectivity index (χ1v) is 7.89. The van der Waals surface area contributed by atoms with Gasteiger partial charge in [0, 0.05) is 5.33 Å². The fourth-order valence-corrected chi connectivity index (χ4v) is 2.95. The van der Waals surface area contributed by atoms with Crippen LogP contribution >= 0.6 is 24.0 Å². The third-order valence-corrected chi connectivity index (χ3v) is 4.25. The Hall–Kier alpha value is -1.02. The van der Waals surface area contributed by atoms with Gasteiger partial charge in [0.2, 0.25) is 5.30 Å². The molecule has 0 spiro atoms. The predicted molar refractivity (Wildman–Crippen MR) is 77.5 cm³/mol. The van der Waals surface area contributed by atoms with Crippen molar-refractivity contribution < 1.29 is 9.09 Å². The number of halogens is 1. The molecule has 2 nitrogen and oxygen atoms in total. The van der Waals surface area contributed by atoms with Crippen LogP contribution in [0.4, 0.5) is 0 Å². The zero-order valence-corrected chi connectivity index (χ0v) is 12.2. The summed E-state index contributed by atoms with van der Waals surface area (Å²) in [6.07, 6.45) is 0. The minimum atomic E-state index is -1.78. The molecule has 0 amide bonds. The number of benzene rings is 2. The highest BCUT2D eigenvalue weighted by atomic mass is 79.9. The van der Waals surface area contributed by atoms with Gasteiger partial charge in [0.1, 0.15) is 6.61 Å². The second-order valence-corrected chi connectivity index (χ2v) is 5.62. The lowest BCUT2D eigenvalue weighted by atomic mass is 10.1. The minimum absolute atomic E-state index is 0.367. The van der Waals surface area contributed by atoms with Crippen molar-refractivity contribution in [2.45, 2.75) is 11.9 Å². The van der Waals surface area contributed by atoms with Gasteiger partial charge in [-0.2, -0.15) is 0 Å². The first-order valence-electron chi connectivity index (χ1n) is 5.59. The maximum Gasteiger partial charge on any atom is 0.549 e. The molecule has 0 saturated heterocycles. The van der Waals surface area contributed by atoms with E-state index in [1.54, 1.807) is 0 Å². The molecule has 0 aliphatic carbocycles. The van der Waals surface area contributed by atoms with Crippen molar-refractivity contribution in [2.24, 2.45) is 0 Å². The van der Waals surface area contributed by atoms with Crippen LogP contribution in [-0.4, -0.2) is 0 Å². The largest absolute Gasteiger partial charge is 0.549 e. The molecule has 4 heteroatoms. The molecular weight excluding hydrogens is 311 g/mol. The number of rotatable bonds is 5. The molecule has 0 aliphatic rings. The summed E-state index contributed by atoms with van der Waals surface area (Å²) in [5.74, 6) is 0. The molecule has 0 aromatic heterocycles. The van der Waals surface area contributed by atoms with E-state index < -0.39 is 8.03 Å². The van der Waals surface area contributed by atoms with Gasteiger partial charge in [-0.1, -0.05) is 58.4 Å². The molecule has 0 fully saturated rings. The fourth-order valence-electron chi connectivity index (χ4n) is 1.58. The standard InChI is InChI=1S/C14H13BrO2P/c15-10-12-6-4-5-7-13(12)11-17-18(16)14-8-2-1-3-9-14/h1-9H,10-11H2/q+1. The molecule has 18 heavy (non-hydrogen) atoms. The zero-order chi connectivity index (χ0) is 12.8. The smallest absolute Gasteiger partial charge is 0.137 e. The van der Waals surface area contributed by atoms with Crippen molar-refractivity contribution in [3.8, 4) is 0 Å². The van der Waals surface area contributed by atoms with Crippen LogP contribution in [0.15, 0.2) is 54.6 Å². The van der Waals surface area contributed by atoms with Gasteiger partial charge in [0.05, 0.1) is 0 Å². The van der Waals surface area contributed by atoms with E-state index in [1.165, 1.54) is 0 Å². The summed E-state index contributed by atoms with van der Waals surface area (Å²) in [6.45, 7) is 0.367. The summed E-state index contributed by atoms with van der Waals surface area (Å²) in [5, 5.41) is 1.50. The van der Waals surface area contributed by atoms with Crippen LogP contribution < -0.4 is 5.30 Å². The van der Waals surface area contributed by atoms with Gasteiger partial charge in [-0.15, -0.1) is 4.52 Å². The Morgan fingerprint density at radius 3 is 2.22 bits per heavy atom. The molecule has 1 unspecified atom stereocenters. The van der Waals surface area contributed by atoms with Crippen molar-refractivity contribution in [1.29, 1.82) is 0 Å². The van der Waals surface area contributed by atoms with Gasteiger partial charge in [0.25, 0.3) is 0 Å². The molecule has 0 bridgehead atoms. The molecule has 0 heterocycles. The highest BCUT2D eigenvalue weighted by molar-refractivity contribution is 9.08. The molecule has 2 aromatic rings. The highest BCUT2D eigenvalue weighted by Crippen LogP contribution is 2.24. The van der Waals surface area contributed by atoms with Crippen LogP contribution in [0.1, 0.15) is 11.1 Å². The van der Waals surface area contributed by atoms with Gasteiger partial charge < -0.3 is 0 Å². The lowest BCUT2D eigenvalue weighted by Gasteiger charge is -2.02. The molecular formula is C14H13BrO2P+. The van der Waals surface area contributed by atoms with Crippen LogP contribution in [-0.2, 0) is 21.0 Å². The SMILES string of the molecule is O=[P+](OCc1ccccc1CBr)c1ccccc1. The monoisotopic (exact) mass is 323 g/mol. The van der Waals surface area contributed by atoms with Gasteiger partial charge in [-0.25, -0.2) is 0 Å². The molecule has 92 valence electrons. The summed E-state index contributed by atoms with van der Waals surface area (Å²) >= 11 is 3.43. The van der Waals surface area contributed by atoms with Crippen LogP contribution in [0.5, 0.6) is 0 Å². The Balaban J connectivity index is 2.02. The molecule has 1 atom stereocenters. The van der Waals surface area contributed by atoms with Crippen molar-refractivity contribution in [3.63, 3.8) is 0 Å². The van der Waals surface area contributed by atoms with Crippen LogP contribution in [0, 0.1) is 0 Å². The van der Waals surface area contributed by atoms with Crippen LogP contribution in [0.2, 0.25) is 0 Å². The van der Waals surface area contributed by atoms with Crippen LogP contribution in [0.3, 0.4) is 0 Å². The molecule has 0 N–H and O–H groups in total. The average molecular weight is 324 g/mol. The van der Waals surface area contributed by atoms with Gasteiger partial charge in [-0.3, -0.25) is 0 Å². The quantitative estimate of drug-likeness (QED) is 0.610. The average Bonchev–Trinajstić information content (AvgIpc) is 2.46. The van der Waals surface area contributed by atoms with E-state index in [4.69, 9.17) is 4.52 Å². The summed E-state index contributed by atoms with van der Waals surface area (Å²) < 4.78 is 17.4. The topological polar surface area (TPSA) is 26.3 Å². The summed E-state index contributed by atoms with van der Waals surface area (Å²) in [4.78, 5) is 0. The van der Waals surface area contributed by atoms with E-state index in [1.807, 2.05) is 54.6 Å². The summed E-state index contributed by atoms with van der Waals surface area (Å²) in [6, 6.07) is 17.2. The Bertz CT molecular complexity index is 528. The number of alkyl halides is 1. The Kier molecular flexibility index (Phi) is 5.06. The van der Waals surface area contributed by atoms with E-state index in [9.17, 15) is 4.57 Å².